The monoisotopic (exact) mass is 316 g/mol. The van der Waals surface area contributed by atoms with Gasteiger partial charge in [-0.05, 0) is 30.9 Å². The molecule has 2 rings (SSSR count). The van der Waals surface area contributed by atoms with Crippen LogP contribution in [0.3, 0.4) is 0 Å². The van der Waals surface area contributed by atoms with Crippen LogP contribution in [-0.2, 0) is 16.0 Å². The maximum Gasteiger partial charge on any atom is 0.242 e. The van der Waals surface area contributed by atoms with E-state index in [9.17, 15) is 9.59 Å². The van der Waals surface area contributed by atoms with Crippen LogP contribution in [0.5, 0.6) is 0 Å². The highest BCUT2D eigenvalue weighted by atomic mass is 16.2. The number of carbonyl (C=O) groups is 2. The lowest BCUT2D eigenvalue weighted by Gasteiger charge is -2.37. The smallest absolute Gasteiger partial charge is 0.242 e. The molecule has 1 aromatic rings. The largest absolute Gasteiger partial charge is 0.334 e. The van der Waals surface area contributed by atoms with Crippen molar-refractivity contribution in [2.45, 2.75) is 46.6 Å². The Kier molecular flexibility index (Phi) is 5.80. The maximum atomic E-state index is 12.8. The van der Waals surface area contributed by atoms with Crippen LogP contribution in [0.4, 0.5) is 0 Å². The van der Waals surface area contributed by atoms with E-state index in [2.05, 4.69) is 19.1 Å². The molecule has 1 aromatic carbocycles. The summed E-state index contributed by atoms with van der Waals surface area (Å²) < 4.78 is 0. The third-order valence-electron chi connectivity index (χ3n) is 4.54. The minimum atomic E-state index is -0.0751. The fraction of sp³-hybridized carbons (Fsp3) is 0.579. The van der Waals surface area contributed by atoms with Crippen LogP contribution < -0.4 is 0 Å². The second kappa shape index (κ2) is 7.62. The quantitative estimate of drug-likeness (QED) is 0.838. The fourth-order valence-electron chi connectivity index (χ4n) is 3.27. The molecule has 0 bridgehead atoms. The molecule has 1 aliphatic heterocycles. The summed E-state index contributed by atoms with van der Waals surface area (Å²) in [6.45, 7) is 9.44. The second-order valence-corrected chi connectivity index (χ2v) is 6.63. The molecule has 23 heavy (non-hydrogen) atoms. The number of hydrogen-bond acceptors (Lipinski definition) is 2. The zero-order chi connectivity index (χ0) is 17.0. The van der Waals surface area contributed by atoms with Crippen LogP contribution in [0.25, 0.3) is 0 Å². The van der Waals surface area contributed by atoms with Crippen molar-refractivity contribution in [1.82, 2.24) is 9.80 Å². The summed E-state index contributed by atoms with van der Waals surface area (Å²) in [6.07, 6.45) is 1.75. The van der Waals surface area contributed by atoms with Gasteiger partial charge in [0.05, 0.1) is 12.6 Å². The predicted molar refractivity (Wildman–Crippen MR) is 92.0 cm³/mol. The third kappa shape index (κ3) is 3.92. The van der Waals surface area contributed by atoms with Crippen molar-refractivity contribution in [3.8, 4) is 0 Å². The highest BCUT2D eigenvalue weighted by Gasteiger charge is 2.29. The molecule has 1 heterocycles. The van der Waals surface area contributed by atoms with E-state index in [0.717, 1.165) is 19.4 Å². The molecule has 4 heteroatoms. The number of amides is 2. The van der Waals surface area contributed by atoms with E-state index in [-0.39, 0.29) is 30.3 Å². The Morgan fingerprint density at radius 2 is 2.00 bits per heavy atom. The molecular weight excluding hydrogens is 288 g/mol. The van der Waals surface area contributed by atoms with Gasteiger partial charge in [-0.3, -0.25) is 9.59 Å². The topological polar surface area (TPSA) is 40.6 Å². The third-order valence-corrected chi connectivity index (χ3v) is 4.54. The molecule has 0 saturated heterocycles. The summed E-state index contributed by atoms with van der Waals surface area (Å²) in [4.78, 5) is 28.7. The Balaban J connectivity index is 2.09. The summed E-state index contributed by atoms with van der Waals surface area (Å²) in [5, 5.41) is 0. The van der Waals surface area contributed by atoms with Crippen LogP contribution in [0.2, 0.25) is 0 Å². The highest BCUT2D eigenvalue weighted by molar-refractivity contribution is 5.86. The Bertz CT molecular complexity index is 568. The van der Waals surface area contributed by atoms with Crippen LogP contribution in [0.15, 0.2) is 24.3 Å². The number of benzene rings is 1. The molecule has 0 N–H and O–H groups in total. The van der Waals surface area contributed by atoms with Crippen LogP contribution in [0, 0.1) is 5.92 Å². The Hall–Kier alpha value is -1.84. The summed E-state index contributed by atoms with van der Waals surface area (Å²) in [5.74, 6) is 0.0357. The van der Waals surface area contributed by atoms with E-state index >= 15 is 0 Å². The maximum absolute atomic E-state index is 12.8. The SMILES string of the molecule is CCCN(CC(=O)N1CCc2ccccc2C1C)C(=O)C(C)C. The lowest BCUT2D eigenvalue weighted by molar-refractivity contribution is -0.143. The first-order chi connectivity index (χ1) is 11.0. The van der Waals surface area contributed by atoms with E-state index in [1.807, 2.05) is 37.8 Å². The van der Waals surface area contributed by atoms with Gasteiger partial charge in [-0.2, -0.15) is 0 Å². The van der Waals surface area contributed by atoms with Gasteiger partial charge < -0.3 is 9.80 Å². The van der Waals surface area contributed by atoms with Gasteiger partial charge in [0.1, 0.15) is 0 Å². The number of rotatable bonds is 5. The Morgan fingerprint density at radius 1 is 1.30 bits per heavy atom. The average molecular weight is 316 g/mol. The van der Waals surface area contributed by atoms with E-state index in [1.165, 1.54) is 11.1 Å². The zero-order valence-corrected chi connectivity index (χ0v) is 14.7. The summed E-state index contributed by atoms with van der Waals surface area (Å²) in [7, 11) is 0. The zero-order valence-electron chi connectivity index (χ0n) is 14.7. The normalized spacial score (nSPS) is 17.1. The van der Waals surface area contributed by atoms with Crippen molar-refractivity contribution < 1.29 is 9.59 Å². The van der Waals surface area contributed by atoms with E-state index in [4.69, 9.17) is 0 Å². The molecule has 0 radical (unpaired) electrons. The molecule has 0 aromatic heterocycles. The van der Waals surface area contributed by atoms with Gasteiger partial charge in [0.25, 0.3) is 0 Å². The molecule has 0 aliphatic carbocycles. The minimum absolute atomic E-state index is 0.0504. The molecule has 0 spiro atoms. The van der Waals surface area contributed by atoms with Gasteiger partial charge in [0.2, 0.25) is 11.8 Å². The minimum Gasteiger partial charge on any atom is -0.334 e. The van der Waals surface area contributed by atoms with Crippen LogP contribution >= 0.6 is 0 Å². The summed E-state index contributed by atoms with van der Waals surface area (Å²) in [6, 6.07) is 8.38. The molecular formula is C19H28N2O2. The van der Waals surface area contributed by atoms with Crippen molar-refractivity contribution >= 4 is 11.8 Å². The van der Waals surface area contributed by atoms with Gasteiger partial charge in [0, 0.05) is 19.0 Å². The van der Waals surface area contributed by atoms with E-state index in [1.54, 1.807) is 4.90 Å². The highest BCUT2D eigenvalue weighted by Crippen LogP contribution is 2.29. The Labute approximate surface area is 139 Å². The molecule has 1 atom stereocenters. The lowest BCUT2D eigenvalue weighted by atomic mass is 9.93. The van der Waals surface area contributed by atoms with Crippen LogP contribution in [-0.4, -0.2) is 41.2 Å². The van der Waals surface area contributed by atoms with Crippen LogP contribution in [0.1, 0.15) is 51.3 Å². The van der Waals surface area contributed by atoms with Crippen molar-refractivity contribution in [1.29, 1.82) is 0 Å². The average Bonchev–Trinajstić information content (AvgIpc) is 2.54. The first kappa shape index (κ1) is 17.5. The fourth-order valence-corrected chi connectivity index (χ4v) is 3.27. The first-order valence-electron chi connectivity index (χ1n) is 8.61. The Morgan fingerprint density at radius 3 is 2.65 bits per heavy atom. The van der Waals surface area contributed by atoms with Gasteiger partial charge in [0.15, 0.2) is 0 Å². The number of fused-ring (bicyclic) bond motifs is 1. The number of carbonyl (C=O) groups excluding carboxylic acids is 2. The molecule has 0 fully saturated rings. The molecule has 1 aliphatic rings. The van der Waals surface area contributed by atoms with Gasteiger partial charge >= 0.3 is 0 Å². The molecule has 2 amide bonds. The number of hydrogen-bond donors (Lipinski definition) is 0. The number of nitrogens with zero attached hydrogens (tertiary/aromatic N) is 2. The van der Waals surface area contributed by atoms with E-state index < -0.39 is 0 Å². The first-order valence-corrected chi connectivity index (χ1v) is 8.61. The molecule has 0 saturated carbocycles. The van der Waals surface area contributed by atoms with Gasteiger partial charge in [-0.15, -0.1) is 0 Å². The summed E-state index contributed by atoms with van der Waals surface area (Å²) >= 11 is 0. The van der Waals surface area contributed by atoms with Crippen molar-refractivity contribution in [3.05, 3.63) is 35.4 Å². The standard InChI is InChI=1S/C19H28N2O2/c1-5-11-20(19(23)14(2)3)13-18(22)21-12-10-16-8-6-7-9-17(16)15(21)4/h6-9,14-15H,5,10-13H2,1-4H3. The summed E-state index contributed by atoms with van der Waals surface area (Å²) in [5.41, 5.74) is 2.55. The van der Waals surface area contributed by atoms with E-state index in [0.29, 0.717) is 6.54 Å². The molecule has 4 nitrogen and oxygen atoms in total. The second-order valence-electron chi connectivity index (χ2n) is 6.63. The molecule has 1 unspecified atom stereocenters. The lowest BCUT2D eigenvalue weighted by Crippen LogP contribution is -2.47. The van der Waals surface area contributed by atoms with Crippen molar-refractivity contribution in [2.24, 2.45) is 5.92 Å². The predicted octanol–water partition coefficient (Wildman–Crippen LogP) is 3.03. The van der Waals surface area contributed by atoms with Gasteiger partial charge in [-0.25, -0.2) is 0 Å². The van der Waals surface area contributed by atoms with Crippen molar-refractivity contribution in [2.75, 3.05) is 19.6 Å². The van der Waals surface area contributed by atoms with Gasteiger partial charge in [-0.1, -0.05) is 45.0 Å². The molecule has 126 valence electrons. The van der Waals surface area contributed by atoms with Crippen molar-refractivity contribution in [3.63, 3.8) is 0 Å².